The smallest absolute Gasteiger partial charge is 0.407 e. The van der Waals surface area contributed by atoms with Crippen LogP contribution in [0.5, 0.6) is 0 Å². The molecular formula is C13H25NO2. The van der Waals surface area contributed by atoms with E-state index in [1.807, 2.05) is 40.7 Å². The zero-order valence-electron chi connectivity index (χ0n) is 11.3. The quantitative estimate of drug-likeness (QED) is 0.746. The molecule has 3 nitrogen and oxygen atoms in total. The van der Waals surface area contributed by atoms with Gasteiger partial charge in [0.15, 0.2) is 0 Å². The van der Waals surface area contributed by atoms with Crippen LogP contribution in [0.1, 0.15) is 48.0 Å². The van der Waals surface area contributed by atoms with Crippen molar-refractivity contribution in [3.05, 3.63) is 12.2 Å². The third-order valence-corrected chi connectivity index (χ3v) is 2.30. The van der Waals surface area contributed by atoms with E-state index in [0.29, 0.717) is 5.92 Å². The molecule has 0 radical (unpaired) electrons. The summed E-state index contributed by atoms with van der Waals surface area (Å²) in [6, 6.07) is 0.0936. The van der Waals surface area contributed by atoms with E-state index in [9.17, 15) is 4.79 Å². The van der Waals surface area contributed by atoms with E-state index in [1.54, 1.807) is 0 Å². The molecule has 16 heavy (non-hydrogen) atoms. The van der Waals surface area contributed by atoms with Crippen LogP contribution >= 0.6 is 0 Å². The Bertz CT molecular complexity index is 241. The number of rotatable bonds is 4. The van der Waals surface area contributed by atoms with E-state index >= 15 is 0 Å². The molecule has 0 rings (SSSR count). The fourth-order valence-electron chi connectivity index (χ4n) is 1.50. The molecule has 0 aliphatic rings. The summed E-state index contributed by atoms with van der Waals surface area (Å²) in [5.74, 6) is 0.359. The lowest BCUT2D eigenvalue weighted by Crippen LogP contribution is -2.40. The predicted molar refractivity (Wildman–Crippen MR) is 67.4 cm³/mol. The van der Waals surface area contributed by atoms with Crippen LogP contribution in [0, 0.1) is 5.92 Å². The summed E-state index contributed by atoms with van der Waals surface area (Å²) in [5, 5.41) is 2.86. The highest BCUT2D eigenvalue weighted by Gasteiger charge is 2.20. The first-order chi connectivity index (χ1) is 7.30. The van der Waals surface area contributed by atoms with E-state index in [2.05, 4.69) is 18.3 Å². The number of hydrogen-bond donors (Lipinski definition) is 1. The number of alkyl carbamates (subject to hydrolysis) is 1. The minimum Gasteiger partial charge on any atom is -0.444 e. The fraction of sp³-hybridized carbons (Fsp3) is 0.769. The van der Waals surface area contributed by atoms with Crippen molar-refractivity contribution in [2.75, 3.05) is 0 Å². The van der Waals surface area contributed by atoms with E-state index in [4.69, 9.17) is 4.74 Å². The van der Waals surface area contributed by atoms with E-state index in [0.717, 1.165) is 6.42 Å². The minimum atomic E-state index is -0.438. The van der Waals surface area contributed by atoms with Gasteiger partial charge in [0.2, 0.25) is 0 Å². The Morgan fingerprint density at radius 2 is 2.00 bits per heavy atom. The van der Waals surface area contributed by atoms with Crippen LogP contribution < -0.4 is 5.32 Å². The van der Waals surface area contributed by atoms with Crippen LogP contribution in [-0.4, -0.2) is 17.7 Å². The van der Waals surface area contributed by atoms with Crippen LogP contribution in [0.3, 0.4) is 0 Å². The van der Waals surface area contributed by atoms with Crippen molar-refractivity contribution in [2.45, 2.75) is 59.6 Å². The van der Waals surface area contributed by atoms with Crippen molar-refractivity contribution in [2.24, 2.45) is 5.92 Å². The summed E-state index contributed by atoms with van der Waals surface area (Å²) < 4.78 is 5.21. The molecule has 0 spiro atoms. The molecule has 0 fully saturated rings. The van der Waals surface area contributed by atoms with Crippen LogP contribution in [0.25, 0.3) is 0 Å². The summed E-state index contributed by atoms with van der Waals surface area (Å²) in [7, 11) is 0. The standard InChI is InChI=1S/C13H25NO2/c1-7-9-11(8-2)10(3)14-12(15)16-13(4,5)6/h7,9-11H,8H2,1-6H3,(H,14,15)/b9-7-. The molecule has 0 aromatic carbocycles. The van der Waals surface area contributed by atoms with Gasteiger partial charge in [-0.2, -0.15) is 0 Å². The molecule has 0 saturated carbocycles. The highest BCUT2D eigenvalue weighted by atomic mass is 16.6. The molecule has 0 aromatic rings. The van der Waals surface area contributed by atoms with Crippen LogP contribution in [0.2, 0.25) is 0 Å². The second-order valence-electron chi connectivity index (χ2n) is 5.03. The van der Waals surface area contributed by atoms with Crippen molar-refractivity contribution in [1.82, 2.24) is 5.32 Å². The van der Waals surface area contributed by atoms with Crippen molar-refractivity contribution in [3.8, 4) is 0 Å². The summed E-state index contributed by atoms with van der Waals surface area (Å²) >= 11 is 0. The van der Waals surface area contributed by atoms with Gasteiger partial charge in [-0.25, -0.2) is 4.79 Å². The number of allylic oxidation sites excluding steroid dienone is 1. The second-order valence-corrected chi connectivity index (χ2v) is 5.03. The third-order valence-electron chi connectivity index (χ3n) is 2.30. The Morgan fingerprint density at radius 3 is 2.38 bits per heavy atom. The first kappa shape index (κ1) is 15.0. The average Bonchev–Trinajstić information content (AvgIpc) is 2.10. The molecule has 3 heteroatoms. The molecule has 0 aliphatic heterocycles. The third kappa shape index (κ3) is 6.49. The molecule has 94 valence electrons. The van der Waals surface area contributed by atoms with Crippen molar-refractivity contribution in [1.29, 1.82) is 0 Å². The van der Waals surface area contributed by atoms with E-state index in [1.165, 1.54) is 0 Å². The summed E-state index contributed by atoms with van der Waals surface area (Å²) in [6.45, 7) is 11.7. The summed E-state index contributed by atoms with van der Waals surface area (Å²) in [6.07, 6.45) is 4.79. The van der Waals surface area contributed by atoms with Crippen LogP contribution in [-0.2, 0) is 4.74 Å². The van der Waals surface area contributed by atoms with Crippen LogP contribution in [0.15, 0.2) is 12.2 Å². The zero-order chi connectivity index (χ0) is 12.8. The first-order valence-electron chi connectivity index (χ1n) is 5.92. The van der Waals surface area contributed by atoms with Gasteiger partial charge in [0.05, 0.1) is 0 Å². The molecule has 1 N–H and O–H groups in total. The lowest BCUT2D eigenvalue weighted by molar-refractivity contribution is 0.0497. The number of nitrogens with one attached hydrogen (secondary N) is 1. The number of carbonyl (C=O) groups is 1. The SMILES string of the molecule is C/C=C\C(CC)C(C)NC(=O)OC(C)(C)C. The van der Waals surface area contributed by atoms with Crippen LogP contribution in [0.4, 0.5) is 4.79 Å². The monoisotopic (exact) mass is 227 g/mol. The summed E-state index contributed by atoms with van der Waals surface area (Å²) in [5.41, 5.74) is -0.438. The van der Waals surface area contributed by atoms with E-state index < -0.39 is 5.60 Å². The Hall–Kier alpha value is -0.990. The highest BCUT2D eigenvalue weighted by Crippen LogP contribution is 2.12. The molecule has 0 aromatic heterocycles. The fourth-order valence-corrected chi connectivity index (χ4v) is 1.50. The topological polar surface area (TPSA) is 38.3 Å². The lowest BCUT2D eigenvalue weighted by Gasteiger charge is -2.24. The Kier molecular flexibility index (Phi) is 6.16. The lowest BCUT2D eigenvalue weighted by atomic mass is 9.98. The Balaban J connectivity index is 4.22. The van der Waals surface area contributed by atoms with Gasteiger partial charge in [-0.15, -0.1) is 0 Å². The predicted octanol–water partition coefficient (Wildman–Crippen LogP) is 3.50. The van der Waals surface area contributed by atoms with Gasteiger partial charge < -0.3 is 10.1 Å². The summed E-state index contributed by atoms with van der Waals surface area (Å²) in [4.78, 5) is 11.5. The number of amides is 1. The molecule has 0 saturated heterocycles. The first-order valence-corrected chi connectivity index (χ1v) is 5.92. The number of hydrogen-bond acceptors (Lipinski definition) is 2. The largest absolute Gasteiger partial charge is 0.444 e. The zero-order valence-corrected chi connectivity index (χ0v) is 11.3. The maximum atomic E-state index is 11.5. The van der Waals surface area contributed by atoms with Crippen molar-refractivity contribution < 1.29 is 9.53 Å². The van der Waals surface area contributed by atoms with Crippen molar-refractivity contribution >= 4 is 6.09 Å². The molecule has 0 bridgehead atoms. The van der Waals surface area contributed by atoms with Gasteiger partial charge in [-0.05, 0) is 47.0 Å². The minimum absolute atomic E-state index is 0.0936. The van der Waals surface area contributed by atoms with E-state index in [-0.39, 0.29) is 12.1 Å². The maximum absolute atomic E-state index is 11.5. The van der Waals surface area contributed by atoms with Gasteiger partial charge in [0.25, 0.3) is 0 Å². The normalized spacial score (nSPS) is 15.9. The molecule has 2 unspecified atom stereocenters. The van der Waals surface area contributed by atoms with Gasteiger partial charge in [0.1, 0.15) is 5.60 Å². The second kappa shape index (κ2) is 6.56. The Labute approximate surface area is 99.3 Å². The molecule has 1 amide bonds. The highest BCUT2D eigenvalue weighted by molar-refractivity contribution is 5.68. The number of carbonyl (C=O) groups excluding carboxylic acids is 1. The molecular weight excluding hydrogens is 202 g/mol. The van der Waals surface area contributed by atoms with Crippen molar-refractivity contribution in [3.63, 3.8) is 0 Å². The van der Waals surface area contributed by atoms with Gasteiger partial charge >= 0.3 is 6.09 Å². The Morgan fingerprint density at radius 1 is 1.44 bits per heavy atom. The average molecular weight is 227 g/mol. The number of ether oxygens (including phenoxy) is 1. The molecule has 2 atom stereocenters. The molecule has 0 heterocycles. The molecule has 0 aliphatic carbocycles. The maximum Gasteiger partial charge on any atom is 0.407 e. The van der Waals surface area contributed by atoms with Gasteiger partial charge in [-0.3, -0.25) is 0 Å². The van der Waals surface area contributed by atoms with Gasteiger partial charge in [0, 0.05) is 6.04 Å². The van der Waals surface area contributed by atoms with Gasteiger partial charge in [-0.1, -0.05) is 19.1 Å².